The van der Waals surface area contributed by atoms with Crippen LogP contribution in [0.4, 0.5) is 0 Å². The van der Waals surface area contributed by atoms with Crippen LogP contribution in [0, 0.1) is 6.92 Å². The van der Waals surface area contributed by atoms with E-state index in [4.69, 9.17) is 4.52 Å². The molecule has 1 aliphatic rings. The van der Waals surface area contributed by atoms with Gasteiger partial charge in [0.05, 0.1) is 12.2 Å². The molecule has 0 N–H and O–H groups in total. The second kappa shape index (κ2) is 3.75. The standard InChI is InChI=1S/C11H14N4O/c1-9-10(5-13-16-9)6-14-7-11(8-14)15-4-2-3-12-15/h2-5,11H,6-8H2,1H3. The van der Waals surface area contributed by atoms with E-state index in [2.05, 4.69) is 15.2 Å². The molecule has 0 amide bonds. The molecular weight excluding hydrogens is 204 g/mol. The summed E-state index contributed by atoms with van der Waals surface area (Å²) in [5.41, 5.74) is 1.18. The van der Waals surface area contributed by atoms with E-state index in [1.165, 1.54) is 5.56 Å². The van der Waals surface area contributed by atoms with E-state index >= 15 is 0 Å². The number of aromatic nitrogens is 3. The van der Waals surface area contributed by atoms with Gasteiger partial charge in [0.25, 0.3) is 0 Å². The lowest BCUT2D eigenvalue weighted by Gasteiger charge is -2.38. The van der Waals surface area contributed by atoms with Crippen molar-refractivity contribution in [2.45, 2.75) is 19.5 Å². The average molecular weight is 218 g/mol. The zero-order chi connectivity index (χ0) is 11.0. The van der Waals surface area contributed by atoms with Gasteiger partial charge in [-0.3, -0.25) is 9.58 Å². The van der Waals surface area contributed by atoms with Gasteiger partial charge >= 0.3 is 0 Å². The van der Waals surface area contributed by atoms with Crippen molar-refractivity contribution in [2.24, 2.45) is 0 Å². The molecule has 2 aromatic rings. The van der Waals surface area contributed by atoms with Crippen LogP contribution in [0.2, 0.25) is 0 Å². The fourth-order valence-corrected chi connectivity index (χ4v) is 2.05. The maximum absolute atomic E-state index is 5.04. The van der Waals surface area contributed by atoms with E-state index in [9.17, 15) is 0 Å². The normalized spacial score (nSPS) is 17.6. The molecule has 1 fully saturated rings. The molecule has 0 aliphatic carbocycles. The molecule has 0 bridgehead atoms. The van der Waals surface area contributed by atoms with Crippen LogP contribution < -0.4 is 0 Å². The van der Waals surface area contributed by atoms with Gasteiger partial charge in [0, 0.05) is 37.6 Å². The van der Waals surface area contributed by atoms with E-state index in [0.29, 0.717) is 6.04 Å². The fraction of sp³-hybridized carbons (Fsp3) is 0.455. The Bertz CT molecular complexity index is 456. The van der Waals surface area contributed by atoms with Crippen LogP contribution in [-0.2, 0) is 6.54 Å². The summed E-state index contributed by atoms with van der Waals surface area (Å²) >= 11 is 0. The Balaban J connectivity index is 1.56. The lowest BCUT2D eigenvalue weighted by atomic mass is 10.1. The molecule has 5 heteroatoms. The van der Waals surface area contributed by atoms with Crippen molar-refractivity contribution in [3.8, 4) is 0 Å². The summed E-state index contributed by atoms with van der Waals surface area (Å²) in [6.45, 7) is 4.97. The van der Waals surface area contributed by atoms with Gasteiger partial charge in [-0.25, -0.2) is 0 Å². The van der Waals surface area contributed by atoms with Crippen molar-refractivity contribution in [1.82, 2.24) is 19.8 Å². The molecule has 16 heavy (non-hydrogen) atoms. The second-order valence-electron chi connectivity index (χ2n) is 4.24. The van der Waals surface area contributed by atoms with Gasteiger partial charge in [-0.05, 0) is 13.0 Å². The first-order valence-electron chi connectivity index (χ1n) is 5.44. The molecule has 0 atom stereocenters. The summed E-state index contributed by atoms with van der Waals surface area (Å²) < 4.78 is 7.06. The first kappa shape index (κ1) is 9.59. The quantitative estimate of drug-likeness (QED) is 0.777. The molecule has 0 radical (unpaired) electrons. The molecule has 0 unspecified atom stereocenters. The van der Waals surface area contributed by atoms with Crippen molar-refractivity contribution in [3.05, 3.63) is 36.0 Å². The van der Waals surface area contributed by atoms with Gasteiger partial charge in [-0.2, -0.15) is 5.10 Å². The number of aryl methyl sites for hydroxylation is 1. The first-order valence-corrected chi connectivity index (χ1v) is 5.44. The highest BCUT2D eigenvalue weighted by molar-refractivity contribution is 5.12. The average Bonchev–Trinajstić information content (AvgIpc) is 2.82. The smallest absolute Gasteiger partial charge is 0.138 e. The van der Waals surface area contributed by atoms with E-state index in [-0.39, 0.29) is 0 Å². The number of rotatable bonds is 3. The Kier molecular flexibility index (Phi) is 2.25. The predicted molar refractivity (Wildman–Crippen MR) is 57.8 cm³/mol. The third-order valence-corrected chi connectivity index (χ3v) is 3.08. The van der Waals surface area contributed by atoms with E-state index in [1.807, 2.05) is 30.1 Å². The van der Waals surface area contributed by atoms with Gasteiger partial charge in [-0.1, -0.05) is 5.16 Å². The summed E-state index contributed by atoms with van der Waals surface area (Å²) in [5.74, 6) is 0.919. The molecule has 5 nitrogen and oxygen atoms in total. The molecule has 1 saturated heterocycles. The molecule has 0 aromatic carbocycles. The highest BCUT2D eigenvalue weighted by Gasteiger charge is 2.28. The number of hydrogen-bond acceptors (Lipinski definition) is 4. The minimum Gasteiger partial charge on any atom is -0.361 e. The minimum atomic E-state index is 0.523. The van der Waals surface area contributed by atoms with Gasteiger partial charge in [-0.15, -0.1) is 0 Å². The summed E-state index contributed by atoms with van der Waals surface area (Å²) in [7, 11) is 0. The number of likely N-dealkylation sites (tertiary alicyclic amines) is 1. The van der Waals surface area contributed by atoms with Crippen LogP contribution in [0.5, 0.6) is 0 Å². The van der Waals surface area contributed by atoms with Crippen LogP contribution in [0.3, 0.4) is 0 Å². The first-order chi connectivity index (χ1) is 7.83. The van der Waals surface area contributed by atoms with E-state index in [0.717, 1.165) is 25.4 Å². The number of nitrogens with zero attached hydrogens (tertiary/aromatic N) is 4. The van der Waals surface area contributed by atoms with Crippen molar-refractivity contribution in [1.29, 1.82) is 0 Å². The summed E-state index contributed by atoms with van der Waals surface area (Å²) in [4.78, 5) is 2.37. The molecule has 3 heterocycles. The van der Waals surface area contributed by atoms with Crippen LogP contribution in [-0.4, -0.2) is 32.9 Å². The van der Waals surface area contributed by atoms with Crippen molar-refractivity contribution >= 4 is 0 Å². The molecule has 2 aromatic heterocycles. The van der Waals surface area contributed by atoms with Crippen LogP contribution in [0.15, 0.2) is 29.2 Å². The van der Waals surface area contributed by atoms with Crippen molar-refractivity contribution < 1.29 is 4.52 Å². The SMILES string of the molecule is Cc1oncc1CN1CC(n2cccn2)C1. The Morgan fingerprint density at radius 3 is 3.00 bits per heavy atom. The summed E-state index contributed by atoms with van der Waals surface area (Å²) in [6, 6.07) is 2.49. The largest absolute Gasteiger partial charge is 0.361 e. The summed E-state index contributed by atoms with van der Waals surface area (Å²) in [5, 5.41) is 8.03. The van der Waals surface area contributed by atoms with E-state index < -0.39 is 0 Å². The Labute approximate surface area is 93.6 Å². The Morgan fingerprint density at radius 1 is 1.50 bits per heavy atom. The molecular formula is C11H14N4O. The Hall–Kier alpha value is -1.62. The topological polar surface area (TPSA) is 47.1 Å². The van der Waals surface area contributed by atoms with Crippen molar-refractivity contribution in [3.63, 3.8) is 0 Å². The van der Waals surface area contributed by atoms with Gasteiger partial charge in [0.1, 0.15) is 5.76 Å². The maximum Gasteiger partial charge on any atom is 0.138 e. The highest BCUT2D eigenvalue weighted by Crippen LogP contribution is 2.23. The molecule has 3 rings (SSSR count). The second-order valence-corrected chi connectivity index (χ2v) is 4.24. The van der Waals surface area contributed by atoms with Gasteiger partial charge < -0.3 is 4.52 Å². The predicted octanol–water partition coefficient (Wildman–Crippen LogP) is 1.24. The maximum atomic E-state index is 5.04. The molecule has 1 aliphatic heterocycles. The van der Waals surface area contributed by atoms with Gasteiger partial charge in [0.2, 0.25) is 0 Å². The van der Waals surface area contributed by atoms with Crippen molar-refractivity contribution in [2.75, 3.05) is 13.1 Å². The zero-order valence-electron chi connectivity index (χ0n) is 9.21. The zero-order valence-corrected chi connectivity index (χ0v) is 9.21. The van der Waals surface area contributed by atoms with Crippen LogP contribution in [0.25, 0.3) is 0 Å². The lowest BCUT2D eigenvalue weighted by Crippen LogP contribution is -2.47. The number of hydrogen-bond donors (Lipinski definition) is 0. The van der Waals surface area contributed by atoms with E-state index in [1.54, 1.807) is 6.20 Å². The lowest BCUT2D eigenvalue weighted by molar-refractivity contribution is 0.0904. The van der Waals surface area contributed by atoms with Crippen LogP contribution >= 0.6 is 0 Å². The third kappa shape index (κ3) is 1.63. The van der Waals surface area contributed by atoms with Crippen LogP contribution in [0.1, 0.15) is 17.4 Å². The summed E-state index contributed by atoms with van der Waals surface area (Å²) in [6.07, 6.45) is 5.65. The highest BCUT2D eigenvalue weighted by atomic mass is 16.5. The monoisotopic (exact) mass is 218 g/mol. The molecule has 84 valence electrons. The third-order valence-electron chi connectivity index (χ3n) is 3.08. The Morgan fingerprint density at radius 2 is 2.38 bits per heavy atom. The molecule has 0 saturated carbocycles. The fourth-order valence-electron chi connectivity index (χ4n) is 2.05. The van der Waals surface area contributed by atoms with Gasteiger partial charge in [0.15, 0.2) is 0 Å². The molecule has 0 spiro atoms. The minimum absolute atomic E-state index is 0.523.